The van der Waals surface area contributed by atoms with Crippen LogP contribution in [-0.2, 0) is 22.6 Å². The molecule has 0 unspecified atom stereocenters. The molecule has 10 heteroatoms. The minimum Gasteiger partial charge on any atom is -0.356 e. The molecular weight excluding hydrogens is 321 g/mol. The lowest BCUT2D eigenvalue weighted by molar-refractivity contribution is -0.140. The predicted molar refractivity (Wildman–Crippen MR) is 72.6 cm³/mol. The highest BCUT2D eigenvalue weighted by Gasteiger charge is 2.34. The van der Waals surface area contributed by atoms with Gasteiger partial charge in [0.15, 0.2) is 5.82 Å². The van der Waals surface area contributed by atoms with E-state index < -0.39 is 26.8 Å². The van der Waals surface area contributed by atoms with Gasteiger partial charge in [0.25, 0.3) is 10.0 Å². The number of sulfonamides is 1. The highest BCUT2D eigenvalue weighted by atomic mass is 32.2. The van der Waals surface area contributed by atoms with Gasteiger partial charge in [-0.05, 0) is 12.5 Å². The molecule has 0 aromatic carbocycles. The first-order chi connectivity index (χ1) is 10.2. The van der Waals surface area contributed by atoms with Crippen LogP contribution in [0.4, 0.5) is 19.0 Å². The quantitative estimate of drug-likeness (QED) is 0.880. The predicted octanol–water partition coefficient (Wildman–Crippen LogP) is 2.58. The Hall–Kier alpha value is -2.10. The normalized spacial score (nSPS) is 12.4. The number of hydrogen-bond acceptors (Lipinski definition) is 4. The summed E-state index contributed by atoms with van der Waals surface area (Å²) >= 11 is 0. The molecule has 2 N–H and O–H groups in total. The third-order valence-corrected chi connectivity index (χ3v) is 4.08. The highest BCUT2D eigenvalue weighted by Crippen LogP contribution is 2.30. The molecule has 0 amide bonds. The summed E-state index contributed by atoms with van der Waals surface area (Å²) < 4.78 is 64.0. The summed E-state index contributed by atoms with van der Waals surface area (Å²) in [5.74, 6) is 0.0131. The number of aryl methyl sites for hydroxylation is 1. The van der Waals surface area contributed by atoms with Crippen LogP contribution in [0.3, 0.4) is 0 Å². The van der Waals surface area contributed by atoms with Gasteiger partial charge in [-0.1, -0.05) is 13.3 Å². The molecule has 0 radical (unpaired) electrons. The fraction of sp³-hybridized carbons (Fsp3) is 0.333. The molecule has 2 aromatic rings. The third-order valence-electron chi connectivity index (χ3n) is 2.76. The van der Waals surface area contributed by atoms with E-state index in [4.69, 9.17) is 0 Å². The molecule has 0 fully saturated rings. The summed E-state index contributed by atoms with van der Waals surface area (Å²) in [5.41, 5.74) is -0.707. The summed E-state index contributed by atoms with van der Waals surface area (Å²) in [4.78, 5) is 9.27. The van der Waals surface area contributed by atoms with Gasteiger partial charge in [0.1, 0.15) is 10.6 Å². The van der Waals surface area contributed by atoms with Crippen LogP contribution in [0.5, 0.6) is 0 Å². The molecule has 0 aliphatic heterocycles. The molecule has 22 heavy (non-hydrogen) atoms. The smallest absolute Gasteiger partial charge is 0.356 e. The number of nitrogens with one attached hydrogen (secondary N) is 2. The second-order valence-electron chi connectivity index (χ2n) is 4.45. The van der Waals surface area contributed by atoms with Crippen molar-refractivity contribution in [2.45, 2.75) is 30.8 Å². The van der Waals surface area contributed by atoms with E-state index in [0.29, 0.717) is 18.2 Å². The van der Waals surface area contributed by atoms with Crippen molar-refractivity contribution in [1.82, 2.24) is 15.0 Å². The number of alkyl halides is 3. The van der Waals surface area contributed by atoms with Gasteiger partial charge in [-0.25, -0.2) is 13.4 Å². The number of H-pyrrole nitrogens is 1. The molecule has 0 saturated heterocycles. The summed E-state index contributed by atoms with van der Waals surface area (Å²) in [6.07, 6.45) is 0.0628. The van der Waals surface area contributed by atoms with E-state index in [0.717, 1.165) is 12.6 Å². The number of halogens is 3. The van der Waals surface area contributed by atoms with Crippen molar-refractivity contribution in [3.05, 3.63) is 36.0 Å². The molecule has 2 aromatic heterocycles. The molecule has 0 aliphatic carbocycles. The van der Waals surface area contributed by atoms with Gasteiger partial charge >= 0.3 is 6.18 Å². The van der Waals surface area contributed by atoms with Crippen LogP contribution in [0.15, 0.2) is 29.6 Å². The van der Waals surface area contributed by atoms with Gasteiger partial charge in [-0.15, -0.1) is 0 Å². The Morgan fingerprint density at radius 2 is 1.95 bits per heavy atom. The summed E-state index contributed by atoms with van der Waals surface area (Å²) in [5, 5.41) is 0. The zero-order valence-electron chi connectivity index (χ0n) is 11.5. The first kappa shape index (κ1) is 16.3. The van der Waals surface area contributed by atoms with Crippen molar-refractivity contribution >= 4 is 15.8 Å². The second-order valence-corrected chi connectivity index (χ2v) is 6.14. The van der Waals surface area contributed by atoms with Crippen LogP contribution in [0.1, 0.15) is 24.7 Å². The minimum absolute atomic E-state index is 0.0131. The topological polar surface area (TPSA) is 87.7 Å². The highest BCUT2D eigenvalue weighted by molar-refractivity contribution is 7.92. The van der Waals surface area contributed by atoms with Gasteiger partial charge in [0, 0.05) is 18.6 Å². The maximum absolute atomic E-state index is 12.5. The van der Waals surface area contributed by atoms with E-state index in [1.54, 1.807) is 0 Å². The van der Waals surface area contributed by atoms with Crippen molar-refractivity contribution in [2.75, 3.05) is 4.72 Å². The van der Waals surface area contributed by atoms with Crippen LogP contribution >= 0.6 is 0 Å². The van der Waals surface area contributed by atoms with Crippen molar-refractivity contribution in [2.24, 2.45) is 0 Å². The second kappa shape index (κ2) is 5.95. The lowest BCUT2D eigenvalue weighted by atomic mass is 10.2. The maximum Gasteiger partial charge on any atom is 0.431 e. The van der Waals surface area contributed by atoms with Crippen LogP contribution in [0, 0.1) is 0 Å². The zero-order valence-corrected chi connectivity index (χ0v) is 12.3. The zero-order chi connectivity index (χ0) is 16.4. The van der Waals surface area contributed by atoms with Crippen molar-refractivity contribution in [1.29, 1.82) is 0 Å². The molecule has 6 nitrogen and oxygen atoms in total. The molecular formula is C12H13F3N4O2S. The number of nitrogens with zero attached hydrogens (tertiary/aromatic N) is 2. The first-order valence-corrected chi connectivity index (χ1v) is 7.80. The van der Waals surface area contributed by atoms with Crippen molar-refractivity contribution in [3.8, 4) is 0 Å². The monoisotopic (exact) mass is 334 g/mol. The van der Waals surface area contributed by atoms with Gasteiger partial charge in [0.05, 0.1) is 5.69 Å². The Morgan fingerprint density at radius 1 is 1.27 bits per heavy atom. The minimum atomic E-state index is -4.65. The summed E-state index contributed by atoms with van der Waals surface area (Å²) in [6, 6.07) is 0.526. The lowest BCUT2D eigenvalue weighted by Gasteiger charge is -2.09. The number of anilines is 1. The number of hydrogen-bond donors (Lipinski definition) is 2. The number of rotatable bonds is 5. The average molecular weight is 334 g/mol. The van der Waals surface area contributed by atoms with Crippen LogP contribution in [0.25, 0.3) is 0 Å². The van der Waals surface area contributed by atoms with Gasteiger partial charge in [0.2, 0.25) is 0 Å². The van der Waals surface area contributed by atoms with E-state index >= 15 is 0 Å². The Bertz CT molecular complexity index is 756. The molecule has 2 rings (SSSR count). The van der Waals surface area contributed by atoms with Crippen molar-refractivity contribution in [3.63, 3.8) is 0 Å². The largest absolute Gasteiger partial charge is 0.431 e. The molecule has 0 spiro atoms. The Labute approximate surface area is 124 Å². The Kier molecular flexibility index (Phi) is 4.40. The van der Waals surface area contributed by atoms with Crippen LogP contribution in [-0.4, -0.2) is 23.4 Å². The molecule has 120 valence electrons. The number of aromatic nitrogens is 3. The molecule has 0 aliphatic rings. The van der Waals surface area contributed by atoms with Crippen molar-refractivity contribution < 1.29 is 21.6 Å². The Balaban J connectivity index is 2.31. The standard InChI is InChI=1S/C12H13F3N4O2S/c1-2-3-9-11(17-5-4-16-9)19-22(20,21)8-6-10(18-7-8)12(13,14)15/h4-7,18H,2-3H2,1H3,(H,17,19). The van der Waals surface area contributed by atoms with E-state index in [1.807, 2.05) is 11.9 Å². The fourth-order valence-electron chi connectivity index (χ4n) is 1.75. The number of aromatic amines is 1. The van der Waals surface area contributed by atoms with Crippen LogP contribution < -0.4 is 4.72 Å². The molecule has 0 atom stereocenters. The Morgan fingerprint density at radius 3 is 2.55 bits per heavy atom. The van der Waals surface area contributed by atoms with E-state index in [9.17, 15) is 21.6 Å². The van der Waals surface area contributed by atoms with Crippen LogP contribution in [0.2, 0.25) is 0 Å². The molecule has 0 saturated carbocycles. The average Bonchev–Trinajstić information content (AvgIpc) is 2.91. The summed E-state index contributed by atoms with van der Waals surface area (Å²) in [7, 11) is -4.18. The van der Waals surface area contributed by atoms with Gasteiger partial charge in [-0.2, -0.15) is 13.2 Å². The van der Waals surface area contributed by atoms with E-state index in [1.165, 1.54) is 12.4 Å². The third kappa shape index (κ3) is 3.56. The molecule has 2 heterocycles. The maximum atomic E-state index is 12.5. The van der Waals surface area contributed by atoms with Gasteiger partial charge < -0.3 is 4.98 Å². The molecule has 0 bridgehead atoms. The van der Waals surface area contributed by atoms with E-state index in [2.05, 4.69) is 14.7 Å². The summed E-state index contributed by atoms with van der Waals surface area (Å²) in [6.45, 7) is 1.88. The first-order valence-electron chi connectivity index (χ1n) is 6.32. The van der Waals surface area contributed by atoms with E-state index in [-0.39, 0.29) is 5.82 Å². The van der Waals surface area contributed by atoms with Gasteiger partial charge in [-0.3, -0.25) is 9.71 Å². The lowest BCUT2D eigenvalue weighted by Crippen LogP contribution is -2.15. The fourth-order valence-corrected chi connectivity index (χ4v) is 2.78. The SMILES string of the molecule is CCCc1nccnc1NS(=O)(=O)c1c[nH]c(C(F)(F)F)c1.